The Bertz CT molecular complexity index is 775. The summed E-state index contributed by atoms with van der Waals surface area (Å²) in [4.78, 5) is 38.3. The summed E-state index contributed by atoms with van der Waals surface area (Å²) >= 11 is 6.27. The second-order valence-electron chi connectivity index (χ2n) is 7.05. The van der Waals surface area contributed by atoms with Crippen LogP contribution in [0.5, 0.6) is 11.5 Å². The van der Waals surface area contributed by atoms with Crippen LogP contribution in [0, 0.1) is 5.92 Å². The Balaban J connectivity index is 1.93. The van der Waals surface area contributed by atoms with Gasteiger partial charge in [-0.25, -0.2) is 4.79 Å². The van der Waals surface area contributed by atoms with E-state index in [0.29, 0.717) is 57.3 Å². The summed E-state index contributed by atoms with van der Waals surface area (Å²) in [6.07, 6.45) is 1.86. The molecular weight excluding hydrogens is 426 g/mol. The lowest BCUT2D eigenvalue weighted by Gasteiger charge is -2.30. The molecule has 1 aliphatic heterocycles. The van der Waals surface area contributed by atoms with Crippen molar-refractivity contribution in [1.29, 1.82) is 0 Å². The maximum Gasteiger partial charge on any atom is 0.338 e. The largest absolute Gasteiger partial charge is 0.490 e. The Morgan fingerprint density at radius 1 is 1.03 bits per heavy atom. The van der Waals surface area contributed by atoms with Crippen LogP contribution in [0.15, 0.2) is 12.1 Å². The van der Waals surface area contributed by atoms with Gasteiger partial charge in [0.2, 0.25) is 0 Å². The molecule has 0 N–H and O–H groups in total. The van der Waals surface area contributed by atoms with Crippen LogP contribution in [0.25, 0.3) is 0 Å². The summed E-state index contributed by atoms with van der Waals surface area (Å²) in [6.45, 7) is 7.17. The molecule has 1 amide bonds. The highest BCUT2D eigenvalue weighted by Gasteiger charge is 2.28. The fourth-order valence-corrected chi connectivity index (χ4v) is 3.48. The highest BCUT2D eigenvalue weighted by atomic mass is 35.5. The topological polar surface area (TPSA) is 91.4 Å². The van der Waals surface area contributed by atoms with Crippen LogP contribution >= 0.6 is 11.6 Å². The van der Waals surface area contributed by atoms with Crippen molar-refractivity contribution in [2.75, 3.05) is 39.5 Å². The highest BCUT2D eigenvalue weighted by molar-refractivity contribution is 6.32. The summed E-state index contributed by atoms with van der Waals surface area (Å²) in [7, 11) is 0. The first-order valence-corrected chi connectivity index (χ1v) is 11.0. The summed E-state index contributed by atoms with van der Waals surface area (Å²) < 4.78 is 21.4. The molecule has 1 fully saturated rings. The standard InChI is InChI=1S/C22H30ClNO7/c1-4-11-30-20-17(23)12-16(13-18(20)28-5-2)22(27)31-14-19(25)24-9-7-15(8-10-24)21(26)29-6-3/h12-13,15H,4-11,14H2,1-3H3. The molecule has 1 aromatic rings. The predicted molar refractivity (Wildman–Crippen MR) is 115 cm³/mol. The van der Waals surface area contributed by atoms with E-state index >= 15 is 0 Å². The second-order valence-corrected chi connectivity index (χ2v) is 7.46. The highest BCUT2D eigenvalue weighted by Crippen LogP contribution is 2.37. The smallest absolute Gasteiger partial charge is 0.338 e. The number of carbonyl (C=O) groups excluding carboxylic acids is 3. The molecule has 1 heterocycles. The van der Waals surface area contributed by atoms with Crippen molar-refractivity contribution in [2.24, 2.45) is 5.92 Å². The van der Waals surface area contributed by atoms with Crippen LogP contribution in [-0.4, -0.2) is 62.3 Å². The van der Waals surface area contributed by atoms with Crippen LogP contribution in [0.2, 0.25) is 5.02 Å². The van der Waals surface area contributed by atoms with Gasteiger partial charge in [0.25, 0.3) is 5.91 Å². The first kappa shape index (κ1) is 24.8. The number of carbonyl (C=O) groups is 3. The fraction of sp³-hybridized carbons (Fsp3) is 0.591. The van der Waals surface area contributed by atoms with Crippen LogP contribution in [-0.2, 0) is 19.1 Å². The van der Waals surface area contributed by atoms with Gasteiger partial charge in [0, 0.05) is 13.1 Å². The van der Waals surface area contributed by atoms with Crippen LogP contribution in [0.4, 0.5) is 0 Å². The summed E-state index contributed by atoms with van der Waals surface area (Å²) in [5.41, 5.74) is 0.172. The molecule has 9 heteroatoms. The molecule has 0 saturated carbocycles. The summed E-state index contributed by atoms with van der Waals surface area (Å²) in [5, 5.41) is 0.235. The molecule has 1 aromatic carbocycles. The zero-order valence-electron chi connectivity index (χ0n) is 18.3. The molecule has 0 radical (unpaired) electrons. The Morgan fingerprint density at radius 2 is 1.74 bits per heavy atom. The Labute approximate surface area is 187 Å². The SMILES string of the molecule is CCCOc1c(Cl)cc(C(=O)OCC(=O)N2CCC(C(=O)OCC)CC2)cc1OCC. The average Bonchev–Trinajstić information content (AvgIpc) is 2.77. The van der Waals surface area contributed by atoms with Crippen molar-refractivity contribution in [1.82, 2.24) is 4.90 Å². The molecule has 1 saturated heterocycles. The van der Waals surface area contributed by atoms with Gasteiger partial charge in [0.05, 0.1) is 36.3 Å². The van der Waals surface area contributed by atoms with E-state index in [1.165, 1.54) is 12.1 Å². The van der Waals surface area contributed by atoms with Gasteiger partial charge in [-0.15, -0.1) is 0 Å². The second kappa shape index (κ2) is 12.4. The first-order valence-electron chi connectivity index (χ1n) is 10.6. The minimum atomic E-state index is -0.681. The van der Waals surface area contributed by atoms with Crippen molar-refractivity contribution < 1.29 is 33.3 Å². The molecule has 0 unspecified atom stereocenters. The molecular formula is C22H30ClNO7. The number of piperidine rings is 1. The normalized spacial score (nSPS) is 14.1. The number of nitrogens with zero attached hydrogens (tertiary/aromatic N) is 1. The van der Waals surface area contributed by atoms with Crippen molar-refractivity contribution in [3.8, 4) is 11.5 Å². The first-order chi connectivity index (χ1) is 14.9. The molecule has 1 aliphatic rings. The average molecular weight is 456 g/mol. The van der Waals surface area contributed by atoms with Crippen LogP contribution in [0.3, 0.4) is 0 Å². The number of esters is 2. The molecule has 0 aromatic heterocycles. The van der Waals surface area contributed by atoms with Gasteiger partial charge in [-0.3, -0.25) is 9.59 Å². The molecule has 172 valence electrons. The number of ether oxygens (including phenoxy) is 4. The predicted octanol–water partition coefficient (Wildman–Crippen LogP) is 3.49. The van der Waals surface area contributed by atoms with Gasteiger partial charge in [-0.2, -0.15) is 0 Å². The molecule has 0 aliphatic carbocycles. The third-order valence-electron chi connectivity index (χ3n) is 4.79. The number of hydrogen-bond acceptors (Lipinski definition) is 7. The monoisotopic (exact) mass is 455 g/mol. The van der Waals surface area contributed by atoms with E-state index in [9.17, 15) is 14.4 Å². The van der Waals surface area contributed by atoms with Gasteiger partial charge in [-0.05, 0) is 45.2 Å². The van der Waals surface area contributed by atoms with E-state index in [1.807, 2.05) is 13.8 Å². The minimum Gasteiger partial charge on any atom is -0.490 e. The van der Waals surface area contributed by atoms with Crippen LogP contribution < -0.4 is 9.47 Å². The number of likely N-dealkylation sites (tertiary alicyclic amines) is 1. The molecule has 0 spiro atoms. The van der Waals surface area contributed by atoms with Crippen molar-refractivity contribution in [3.05, 3.63) is 22.7 Å². The molecule has 8 nitrogen and oxygen atoms in total. The maximum absolute atomic E-state index is 12.5. The minimum absolute atomic E-state index is 0.172. The van der Waals surface area contributed by atoms with E-state index in [0.717, 1.165) is 6.42 Å². The number of benzene rings is 1. The molecule has 31 heavy (non-hydrogen) atoms. The quantitative estimate of drug-likeness (QED) is 0.498. The van der Waals surface area contributed by atoms with Gasteiger partial charge in [0.15, 0.2) is 18.1 Å². The number of hydrogen-bond donors (Lipinski definition) is 0. The summed E-state index contributed by atoms with van der Waals surface area (Å²) in [6, 6.07) is 2.94. The number of rotatable bonds is 10. The van der Waals surface area contributed by atoms with Crippen LogP contribution in [0.1, 0.15) is 50.4 Å². The molecule has 0 atom stereocenters. The number of halogens is 1. The van der Waals surface area contributed by atoms with Crippen molar-refractivity contribution >= 4 is 29.4 Å². The third kappa shape index (κ3) is 7.02. The fourth-order valence-electron chi connectivity index (χ4n) is 3.22. The lowest BCUT2D eigenvalue weighted by atomic mass is 9.97. The van der Waals surface area contributed by atoms with Crippen molar-refractivity contribution in [2.45, 2.75) is 40.0 Å². The molecule has 2 rings (SSSR count). The zero-order valence-corrected chi connectivity index (χ0v) is 19.0. The van der Waals surface area contributed by atoms with E-state index in [1.54, 1.807) is 11.8 Å². The maximum atomic E-state index is 12.5. The lowest BCUT2D eigenvalue weighted by molar-refractivity contribution is -0.151. The van der Waals surface area contributed by atoms with Gasteiger partial charge in [-0.1, -0.05) is 18.5 Å². The van der Waals surface area contributed by atoms with Gasteiger partial charge >= 0.3 is 11.9 Å². The Kier molecular flexibility index (Phi) is 9.91. The van der Waals surface area contributed by atoms with E-state index in [4.69, 9.17) is 30.5 Å². The Morgan fingerprint density at radius 3 is 2.35 bits per heavy atom. The third-order valence-corrected chi connectivity index (χ3v) is 5.07. The molecule has 0 bridgehead atoms. The van der Waals surface area contributed by atoms with Gasteiger partial charge in [0.1, 0.15) is 0 Å². The van der Waals surface area contributed by atoms with E-state index < -0.39 is 12.6 Å². The zero-order chi connectivity index (χ0) is 22.8. The van der Waals surface area contributed by atoms with E-state index in [2.05, 4.69) is 0 Å². The lowest BCUT2D eigenvalue weighted by Crippen LogP contribution is -2.42. The number of amides is 1. The van der Waals surface area contributed by atoms with E-state index in [-0.39, 0.29) is 28.4 Å². The van der Waals surface area contributed by atoms with Gasteiger partial charge < -0.3 is 23.8 Å². The van der Waals surface area contributed by atoms with Crippen molar-refractivity contribution in [3.63, 3.8) is 0 Å². The summed E-state index contributed by atoms with van der Waals surface area (Å²) in [5.74, 6) is -0.687. The Hall–Kier alpha value is -2.48.